The van der Waals surface area contributed by atoms with E-state index in [-0.39, 0.29) is 12.4 Å². The lowest BCUT2D eigenvalue weighted by atomic mass is 10.4. The van der Waals surface area contributed by atoms with E-state index in [0.29, 0.717) is 0 Å². The maximum absolute atomic E-state index is 9.36. The second-order valence-corrected chi connectivity index (χ2v) is 9.73. The van der Waals surface area contributed by atoms with E-state index in [1.54, 1.807) is 0 Å². The Morgan fingerprint density at radius 2 is 0.684 bits per heavy atom. The number of carboxylic acids is 1. The summed E-state index contributed by atoms with van der Waals surface area (Å²) >= 11 is 0. The predicted octanol–water partition coefficient (Wildman–Crippen LogP) is 0.982. The topological polar surface area (TPSA) is 81.0 Å². The van der Waals surface area contributed by atoms with Gasteiger partial charge in [-0.05, 0) is 48.6 Å². The Kier molecular flexibility index (Phi) is 38.3. The van der Waals surface area contributed by atoms with Gasteiger partial charge in [-0.2, -0.15) is 0 Å². The lowest BCUT2D eigenvalue weighted by Crippen LogP contribution is -3.00. The Morgan fingerprint density at radius 1 is 0.553 bits per heavy atom. The summed E-state index contributed by atoms with van der Waals surface area (Å²) in [5, 5.41) is 9.14. The average molecular weight is 555 g/mol. The van der Waals surface area contributed by atoms with Crippen molar-refractivity contribution in [1.29, 1.82) is 0 Å². The molecule has 0 aromatic heterocycles. The van der Waals surface area contributed by atoms with Gasteiger partial charge in [0.25, 0.3) is 0 Å². The zero-order valence-electron chi connectivity index (χ0n) is 25.0. The fraction of sp³-hybridized carbons (Fsp3) is 0.400. The maximum Gasteiger partial charge on any atom is 0.0969 e. The molecule has 0 fully saturated rings. The summed E-state index contributed by atoms with van der Waals surface area (Å²) in [6.45, 7) is 34.0. The van der Waals surface area contributed by atoms with Crippen LogP contribution in [-0.2, 0) is 9.59 Å². The van der Waals surface area contributed by atoms with Gasteiger partial charge in [0.05, 0.1) is 93.4 Å². The summed E-state index contributed by atoms with van der Waals surface area (Å²) in [5.41, 5.74) is 6.07. The van der Waals surface area contributed by atoms with Gasteiger partial charge >= 0.3 is 0 Å². The molecule has 0 aliphatic heterocycles. The van der Waals surface area contributed by atoms with Crippen LogP contribution in [-0.4, -0.2) is 107 Å². The van der Waals surface area contributed by atoms with Gasteiger partial charge in [-0.1, -0.05) is 52.6 Å². The van der Waals surface area contributed by atoms with Crippen molar-refractivity contribution in [2.24, 2.45) is 0 Å². The zero-order valence-corrected chi connectivity index (χ0v) is 25.7. The average Bonchev–Trinajstić information content (AvgIpc) is 2.75. The number of rotatable bonds is 14. The van der Waals surface area contributed by atoms with Crippen molar-refractivity contribution in [2.75, 3.05) is 81.6 Å². The molecule has 7 nitrogen and oxygen atoms in total. The quantitative estimate of drug-likeness (QED) is 0.182. The van der Waals surface area contributed by atoms with Crippen LogP contribution in [0.4, 0.5) is 0 Å². The number of carbonyl (C=O) groups is 2. The van der Waals surface area contributed by atoms with Gasteiger partial charge in [0.15, 0.2) is 0 Å². The molecule has 1 N–H and O–H groups in total. The minimum Gasteiger partial charge on any atom is -1.00 e. The SMILES string of the molecule is C=CC(=O)[O-].C=CC([NH-])=O.C=CC[N+](C)(C)CC=C.C=CC[N+](C)(C)CC=C.C=CC[N+](C)(C)CC=C.[Cl-]. The van der Waals surface area contributed by atoms with Crippen LogP contribution in [0.25, 0.3) is 5.73 Å². The van der Waals surface area contributed by atoms with Crippen molar-refractivity contribution in [2.45, 2.75) is 0 Å². The summed E-state index contributed by atoms with van der Waals surface area (Å²) in [4.78, 5) is 18.5. The molecule has 0 rings (SSSR count). The number of carbonyl (C=O) groups excluding carboxylic acids is 2. The molecular weight excluding hydrogens is 500 g/mol. The van der Waals surface area contributed by atoms with Crippen LogP contribution in [0.1, 0.15) is 0 Å². The smallest absolute Gasteiger partial charge is 0.0969 e. The zero-order chi connectivity index (χ0) is 30.6. The number of nitrogens with zero attached hydrogens (tertiary/aromatic N) is 3. The van der Waals surface area contributed by atoms with Gasteiger partial charge in [-0.3, -0.25) is 0 Å². The summed E-state index contributed by atoms with van der Waals surface area (Å²) < 4.78 is 2.85. The number of quaternary nitrogens is 3. The van der Waals surface area contributed by atoms with Crippen molar-refractivity contribution in [3.63, 3.8) is 0 Å². The highest BCUT2D eigenvalue weighted by Gasteiger charge is 2.09. The van der Waals surface area contributed by atoms with Gasteiger partial charge < -0.3 is 46.3 Å². The molecule has 1 amide bonds. The van der Waals surface area contributed by atoms with Crippen molar-refractivity contribution in [3.8, 4) is 0 Å². The van der Waals surface area contributed by atoms with Gasteiger partial charge in [0.1, 0.15) is 0 Å². The van der Waals surface area contributed by atoms with Gasteiger partial charge in [-0.15, -0.1) is 0 Å². The number of nitrogens with one attached hydrogen (secondary N) is 1. The van der Waals surface area contributed by atoms with E-state index < -0.39 is 11.9 Å². The van der Waals surface area contributed by atoms with E-state index in [1.165, 1.54) is 0 Å². The van der Waals surface area contributed by atoms with E-state index in [9.17, 15) is 4.79 Å². The van der Waals surface area contributed by atoms with Crippen LogP contribution in [0.2, 0.25) is 0 Å². The number of halogens is 1. The Labute approximate surface area is 240 Å². The van der Waals surface area contributed by atoms with Crippen molar-refractivity contribution < 1.29 is 40.6 Å². The molecule has 0 aliphatic rings. The summed E-state index contributed by atoms with van der Waals surface area (Å²) in [6, 6.07) is 0. The Bertz CT molecular complexity index is 592. The summed E-state index contributed by atoms with van der Waals surface area (Å²) in [7, 11) is 12.9. The van der Waals surface area contributed by atoms with Crippen LogP contribution >= 0.6 is 0 Å². The highest BCUT2D eigenvalue weighted by molar-refractivity contribution is 5.93. The van der Waals surface area contributed by atoms with E-state index in [1.807, 2.05) is 36.5 Å². The highest BCUT2D eigenvalue weighted by Crippen LogP contribution is 1.96. The minimum absolute atomic E-state index is 0. The fourth-order valence-electron chi connectivity index (χ4n) is 2.32. The van der Waals surface area contributed by atoms with E-state index in [4.69, 9.17) is 15.6 Å². The van der Waals surface area contributed by atoms with E-state index in [0.717, 1.165) is 64.9 Å². The monoisotopic (exact) mass is 554 g/mol. The molecule has 0 saturated carbocycles. The second kappa shape index (κ2) is 30.3. The third kappa shape index (κ3) is 54.1. The normalized spacial score (nSPS) is 9.42. The Morgan fingerprint density at radius 3 is 0.737 bits per heavy atom. The van der Waals surface area contributed by atoms with Crippen molar-refractivity contribution in [3.05, 3.63) is 107 Å². The van der Waals surface area contributed by atoms with Crippen molar-refractivity contribution >= 4 is 11.9 Å². The molecule has 0 unspecified atom stereocenters. The molecule has 0 aromatic rings. The number of hydrogen-bond acceptors (Lipinski definition) is 3. The summed E-state index contributed by atoms with van der Waals surface area (Å²) in [6.07, 6.45) is 13.3. The van der Waals surface area contributed by atoms with Gasteiger partial charge in [0, 0.05) is 0 Å². The van der Waals surface area contributed by atoms with Crippen molar-refractivity contribution in [1.82, 2.24) is 0 Å². The third-order valence-corrected chi connectivity index (χ3v) is 4.09. The number of carboxylic acid groups (broad SMARTS) is 1. The van der Waals surface area contributed by atoms with Crippen LogP contribution in [0, 0.1) is 0 Å². The molecule has 0 radical (unpaired) electrons. The minimum atomic E-state index is -1.23. The van der Waals surface area contributed by atoms with Crippen LogP contribution in [0.3, 0.4) is 0 Å². The van der Waals surface area contributed by atoms with Gasteiger partial charge in [0.2, 0.25) is 0 Å². The molecule has 0 atom stereocenters. The van der Waals surface area contributed by atoms with Gasteiger partial charge in [-0.25, -0.2) is 0 Å². The molecule has 0 aliphatic carbocycles. The number of hydrogen-bond donors (Lipinski definition) is 0. The van der Waals surface area contributed by atoms with Crippen LogP contribution in [0.5, 0.6) is 0 Å². The van der Waals surface area contributed by atoms with Crippen LogP contribution in [0.15, 0.2) is 101 Å². The first kappa shape index (κ1) is 48.1. The number of aliphatic carboxylic acids is 1. The number of amides is 1. The lowest BCUT2D eigenvalue weighted by molar-refractivity contribution is -0.878. The molecule has 0 spiro atoms. The van der Waals surface area contributed by atoms with E-state index in [2.05, 4.69) is 94.9 Å². The molecule has 0 heterocycles. The Balaban J connectivity index is -0.0000000856. The molecule has 0 bridgehead atoms. The highest BCUT2D eigenvalue weighted by atomic mass is 35.5. The first-order valence-electron chi connectivity index (χ1n) is 11.7. The molecular formula is C30H55ClN4O3. The fourth-order valence-corrected chi connectivity index (χ4v) is 2.32. The molecule has 220 valence electrons. The lowest BCUT2D eigenvalue weighted by Gasteiger charge is -2.26. The largest absolute Gasteiger partial charge is 1.00 e. The Hall–Kier alpha value is -2.97. The first-order valence-corrected chi connectivity index (χ1v) is 11.7. The maximum atomic E-state index is 9.36. The standard InChI is InChI=1S/3C8H16N.C3H5NO.C3H4O2.ClH/c3*1-5-7-9(3,4)8-6-2;2*1-2-3(4)5;/h3*5-6H,1-2,7-8H2,3-4H3;2H,1H2,(H2,4,5);2H,1H2,(H,4,5);1H/q3*+1;;;/p-3. The third-order valence-electron chi connectivity index (χ3n) is 4.09. The predicted molar refractivity (Wildman–Crippen MR) is 161 cm³/mol. The van der Waals surface area contributed by atoms with E-state index >= 15 is 0 Å². The first-order chi connectivity index (χ1) is 16.9. The molecule has 38 heavy (non-hydrogen) atoms. The molecule has 0 aromatic carbocycles. The van der Waals surface area contributed by atoms with Crippen LogP contribution < -0.4 is 17.5 Å². The summed E-state index contributed by atoms with van der Waals surface area (Å²) in [5.74, 6) is -1.96. The number of likely N-dealkylation sites (N-methyl/N-ethyl adjacent to an activating group) is 3. The molecule has 8 heteroatoms. The molecule has 0 saturated heterocycles. The second-order valence-electron chi connectivity index (χ2n) is 9.73.